The third-order valence-corrected chi connectivity index (χ3v) is 14.4. The molecule has 71 heavy (non-hydrogen) atoms. The lowest BCUT2D eigenvalue weighted by atomic mass is 10.0. The van der Waals surface area contributed by atoms with Gasteiger partial charge in [0, 0.05) is 19.3 Å². The minimum Gasteiger partial charge on any atom is -0.462 e. The summed E-state index contributed by atoms with van der Waals surface area (Å²) in [5, 5.41) is 0. The molecule has 1 unspecified atom stereocenters. The number of carbonyl (C=O) groups excluding carboxylic acids is 3. The Labute approximate surface area is 443 Å². The van der Waals surface area contributed by atoms with Gasteiger partial charge in [-0.2, -0.15) is 0 Å². The maximum Gasteiger partial charge on any atom is 0.306 e. The van der Waals surface area contributed by atoms with E-state index in [0.717, 1.165) is 77.0 Å². The summed E-state index contributed by atoms with van der Waals surface area (Å²) in [7, 11) is 0. The van der Waals surface area contributed by atoms with Crippen LogP contribution in [0.3, 0.4) is 0 Å². The van der Waals surface area contributed by atoms with Gasteiger partial charge in [-0.3, -0.25) is 14.4 Å². The van der Waals surface area contributed by atoms with E-state index in [2.05, 4.69) is 45.1 Å². The van der Waals surface area contributed by atoms with Crippen molar-refractivity contribution in [1.29, 1.82) is 0 Å². The Kier molecular flexibility index (Phi) is 58.6. The normalized spacial score (nSPS) is 12.1. The van der Waals surface area contributed by atoms with Gasteiger partial charge in [0.2, 0.25) is 0 Å². The zero-order chi connectivity index (χ0) is 51.4. The summed E-state index contributed by atoms with van der Waals surface area (Å²) in [5.41, 5.74) is 0. The first-order valence-electron chi connectivity index (χ1n) is 31.8. The molecule has 0 rings (SSSR count). The molecule has 6 heteroatoms. The standard InChI is InChI=1S/C65H122O6/c1-4-7-10-13-16-19-22-24-26-27-28-29-30-31-32-33-34-35-36-37-38-40-41-43-46-49-52-55-58-64(67)70-61-62(60-69-63(66)57-54-51-48-45-21-18-15-12-9-6-3)71-65(68)59-56-53-50-47-44-42-39-25-23-20-17-14-11-8-5-2/h12,15,25,39,62H,4-11,13-14,16-24,26-38,40-61H2,1-3H3/b15-12-,39-25-. The minimum absolute atomic E-state index is 0.0729. The van der Waals surface area contributed by atoms with E-state index in [1.165, 1.54) is 238 Å². The highest BCUT2D eigenvalue weighted by molar-refractivity contribution is 5.71. The molecule has 0 aromatic rings. The van der Waals surface area contributed by atoms with E-state index in [0.29, 0.717) is 19.3 Å². The molecule has 0 aliphatic rings. The second-order valence-electron chi connectivity index (χ2n) is 21.7. The molecule has 1 atom stereocenters. The van der Waals surface area contributed by atoms with Gasteiger partial charge < -0.3 is 14.2 Å². The van der Waals surface area contributed by atoms with Crippen molar-refractivity contribution >= 4 is 17.9 Å². The highest BCUT2D eigenvalue weighted by Crippen LogP contribution is 2.18. The summed E-state index contributed by atoms with van der Waals surface area (Å²) in [6.45, 7) is 6.61. The van der Waals surface area contributed by atoms with Crippen LogP contribution in [0.5, 0.6) is 0 Å². The van der Waals surface area contributed by atoms with Crippen molar-refractivity contribution in [2.24, 2.45) is 0 Å². The van der Waals surface area contributed by atoms with Crippen LogP contribution in [0.4, 0.5) is 0 Å². The van der Waals surface area contributed by atoms with E-state index >= 15 is 0 Å². The zero-order valence-corrected chi connectivity index (χ0v) is 48.0. The second kappa shape index (κ2) is 60.4. The monoisotopic (exact) mass is 999 g/mol. The lowest BCUT2D eigenvalue weighted by Crippen LogP contribution is -2.30. The van der Waals surface area contributed by atoms with Crippen molar-refractivity contribution < 1.29 is 28.6 Å². The third kappa shape index (κ3) is 58.7. The molecule has 0 saturated carbocycles. The van der Waals surface area contributed by atoms with Gasteiger partial charge in [0.1, 0.15) is 13.2 Å². The smallest absolute Gasteiger partial charge is 0.306 e. The van der Waals surface area contributed by atoms with Gasteiger partial charge in [-0.25, -0.2) is 0 Å². The molecule has 0 spiro atoms. The maximum atomic E-state index is 12.8. The Morgan fingerprint density at radius 1 is 0.268 bits per heavy atom. The Hall–Kier alpha value is -2.11. The van der Waals surface area contributed by atoms with Gasteiger partial charge in [0.05, 0.1) is 0 Å². The Morgan fingerprint density at radius 2 is 0.493 bits per heavy atom. The number of rotatable bonds is 59. The highest BCUT2D eigenvalue weighted by Gasteiger charge is 2.19. The van der Waals surface area contributed by atoms with Gasteiger partial charge in [-0.15, -0.1) is 0 Å². The first kappa shape index (κ1) is 68.9. The number of unbranched alkanes of at least 4 members (excludes halogenated alkanes) is 44. The molecule has 6 nitrogen and oxygen atoms in total. The van der Waals surface area contributed by atoms with E-state index in [4.69, 9.17) is 14.2 Å². The summed E-state index contributed by atoms with van der Waals surface area (Å²) in [5.74, 6) is -0.872. The largest absolute Gasteiger partial charge is 0.462 e. The van der Waals surface area contributed by atoms with Gasteiger partial charge >= 0.3 is 17.9 Å². The lowest BCUT2D eigenvalue weighted by Gasteiger charge is -2.18. The minimum atomic E-state index is -0.775. The van der Waals surface area contributed by atoms with Crippen LogP contribution in [0, 0.1) is 0 Å². The first-order valence-corrected chi connectivity index (χ1v) is 31.8. The van der Waals surface area contributed by atoms with E-state index in [9.17, 15) is 14.4 Å². The van der Waals surface area contributed by atoms with E-state index < -0.39 is 6.10 Å². The molecular weight excluding hydrogens is 877 g/mol. The van der Waals surface area contributed by atoms with Crippen molar-refractivity contribution in [3.63, 3.8) is 0 Å². The summed E-state index contributed by atoms with van der Waals surface area (Å²) < 4.78 is 16.9. The van der Waals surface area contributed by atoms with Crippen molar-refractivity contribution in [3.8, 4) is 0 Å². The zero-order valence-electron chi connectivity index (χ0n) is 48.0. The summed E-state index contributed by atoms with van der Waals surface area (Å²) in [4.78, 5) is 38.1. The van der Waals surface area contributed by atoms with Gasteiger partial charge in [0.15, 0.2) is 6.10 Å². The van der Waals surface area contributed by atoms with Crippen LogP contribution in [0.25, 0.3) is 0 Å². The average molecular weight is 1000 g/mol. The molecule has 0 bridgehead atoms. The van der Waals surface area contributed by atoms with Gasteiger partial charge in [-0.05, 0) is 64.2 Å². The fourth-order valence-corrected chi connectivity index (χ4v) is 9.62. The van der Waals surface area contributed by atoms with Crippen LogP contribution < -0.4 is 0 Å². The quantitative estimate of drug-likeness (QED) is 0.0261. The number of esters is 3. The predicted octanol–water partition coefficient (Wildman–Crippen LogP) is 21.4. The summed E-state index contributed by atoms with van der Waals surface area (Å²) in [6, 6.07) is 0. The topological polar surface area (TPSA) is 78.9 Å². The number of carbonyl (C=O) groups is 3. The van der Waals surface area contributed by atoms with E-state index in [1.54, 1.807) is 0 Å². The Balaban J connectivity index is 4.10. The van der Waals surface area contributed by atoms with E-state index in [-0.39, 0.29) is 31.1 Å². The third-order valence-electron chi connectivity index (χ3n) is 14.4. The highest BCUT2D eigenvalue weighted by atomic mass is 16.6. The maximum absolute atomic E-state index is 12.8. The van der Waals surface area contributed by atoms with Crippen LogP contribution in [0.15, 0.2) is 24.3 Å². The van der Waals surface area contributed by atoms with Crippen LogP contribution in [0.1, 0.15) is 355 Å². The number of allylic oxidation sites excluding steroid dienone is 4. The van der Waals surface area contributed by atoms with Crippen molar-refractivity contribution in [3.05, 3.63) is 24.3 Å². The molecule has 0 radical (unpaired) electrons. The summed E-state index contributed by atoms with van der Waals surface area (Å²) in [6.07, 6.45) is 72.1. The predicted molar refractivity (Wildman–Crippen MR) is 307 cm³/mol. The Morgan fingerprint density at radius 3 is 0.761 bits per heavy atom. The Bertz CT molecular complexity index is 1150. The van der Waals surface area contributed by atoms with Crippen molar-refractivity contribution in [2.75, 3.05) is 13.2 Å². The molecule has 0 fully saturated rings. The van der Waals surface area contributed by atoms with E-state index in [1.807, 2.05) is 0 Å². The molecule has 0 heterocycles. The molecule has 0 amide bonds. The fourth-order valence-electron chi connectivity index (χ4n) is 9.62. The molecule has 0 aromatic heterocycles. The SMILES string of the molecule is CCC/C=C\CCCCCCCC(=O)OCC(COC(=O)CCCCCCCCCCCCCCCCCCCCCCCCCCCCCC)OC(=O)CCCCCCC/C=C\CCCCCCCC. The molecule has 0 aromatic carbocycles. The van der Waals surface area contributed by atoms with Crippen LogP contribution in [0.2, 0.25) is 0 Å². The fraction of sp³-hybridized carbons (Fsp3) is 0.892. The van der Waals surface area contributed by atoms with Crippen LogP contribution in [-0.4, -0.2) is 37.2 Å². The number of hydrogen-bond acceptors (Lipinski definition) is 6. The second-order valence-corrected chi connectivity index (χ2v) is 21.7. The van der Waals surface area contributed by atoms with Crippen molar-refractivity contribution in [2.45, 2.75) is 361 Å². The number of ether oxygens (including phenoxy) is 3. The molecule has 0 saturated heterocycles. The lowest BCUT2D eigenvalue weighted by molar-refractivity contribution is -0.167. The van der Waals surface area contributed by atoms with Crippen LogP contribution >= 0.6 is 0 Å². The van der Waals surface area contributed by atoms with Gasteiger partial charge in [-0.1, -0.05) is 295 Å². The molecule has 0 aliphatic heterocycles. The molecule has 0 N–H and O–H groups in total. The van der Waals surface area contributed by atoms with Crippen LogP contribution in [-0.2, 0) is 28.6 Å². The molecule has 418 valence electrons. The summed E-state index contributed by atoms with van der Waals surface area (Å²) >= 11 is 0. The number of hydrogen-bond donors (Lipinski definition) is 0. The molecular formula is C65H122O6. The van der Waals surface area contributed by atoms with Gasteiger partial charge in [0.25, 0.3) is 0 Å². The molecule has 0 aliphatic carbocycles. The first-order chi connectivity index (χ1) is 35.0. The average Bonchev–Trinajstić information content (AvgIpc) is 3.37. The van der Waals surface area contributed by atoms with Crippen molar-refractivity contribution in [1.82, 2.24) is 0 Å².